The van der Waals surface area contributed by atoms with Gasteiger partial charge in [-0.25, -0.2) is 9.97 Å². The molecule has 4 aromatic rings. The van der Waals surface area contributed by atoms with Crippen molar-refractivity contribution in [3.63, 3.8) is 0 Å². The Morgan fingerprint density at radius 3 is 2.79 bits per heavy atom. The summed E-state index contributed by atoms with van der Waals surface area (Å²) in [7, 11) is 0. The highest BCUT2D eigenvalue weighted by atomic mass is 16.5. The Hall–Kier alpha value is -3.26. The van der Waals surface area contributed by atoms with Crippen molar-refractivity contribution in [2.24, 2.45) is 11.7 Å². The first-order chi connectivity index (χ1) is 14.0. The van der Waals surface area contributed by atoms with Gasteiger partial charge in [0.05, 0.1) is 17.3 Å². The minimum absolute atomic E-state index is 0.0967. The summed E-state index contributed by atoms with van der Waals surface area (Å²) in [5.41, 5.74) is 8.85. The van der Waals surface area contributed by atoms with Crippen LogP contribution in [0.25, 0.3) is 33.8 Å². The topological polar surface area (TPSA) is 108 Å². The maximum Gasteiger partial charge on any atom is 0.181 e. The third-order valence-electron chi connectivity index (χ3n) is 4.58. The van der Waals surface area contributed by atoms with Gasteiger partial charge in [-0.15, -0.1) is 0 Å². The molecule has 150 valence electrons. The summed E-state index contributed by atoms with van der Waals surface area (Å²) in [5, 5.41) is 13.0. The molecule has 0 saturated heterocycles. The first kappa shape index (κ1) is 19.1. The van der Waals surface area contributed by atoms with Crippen LogP contribution in [0.15, 0.2) is 42.7 Å². The summed E-state index contributed by atoms with van der Waals surface area (Å²) < 4.78 is 7.71. The third kappa shape index (κ3) is 4.12. The number of nitrogens with zero attached hydrogens (tertiary/aromatic N) is 5. The van der Waals surface area contributed by atoms with Crippen LogP contribution >= 0.6 is 0 Å². The van der Waals surface area contributed by atoms with Crippen LogP contribution < -0.4 is 10.5 Å². The van der Waals surface area contributed by atoms with E-state index >= 15 is 0 Å². The molecule has 0 saturated carbocycles. The minimum Gasteiger partial charge on any atom is -0.491 e. The van der Waals surface area contributed by atoms with Gasteiger partial charge in [0.25, 0.3) is 0 Å². The van der Waals surface area contributed by atoms with Crippen molar-refractivity contribution < 1.29 is 4.74 Å². The minimum atomic E-state index is 0.0967. The SMILES string of the molecule is CC(CN)Cn1ccc(-c2ccnc(-c3n[nH]c4ccc(OC(C)C)cc34)n2)n1. The van der Waals surface area contributed by atoms with Gasteiger partial charge >= 0.3 is 0 Å². The van der Waals surface area contributed by atoms with Crippen LogP contribution in [-0.2, 0) is 6.54 Å². The average Bonchev–Trinajstić information content (AvgIpc) is 3.34. The average molecular weight is 391 g/mol. The highest BCUT2D eigenvalue weighted by Gasteiger charge is 2.14. The maximum absolute atomic E-state index is 5.82. The third-order valence-corrected chi connectivity index (χ3v) is 4.58. The molecule has 8 nitrogen and oxygen atoms in total. The lowest BCUT2D eigenvalue weighted by Gasteiger charge is -2.09. The Morgan fingerprint density at radius 1 is 1.14 bits per heavy atom. The van der Waals surface area contributed by atoms with Gasteiger partial charge in [0.2, 0.25) is 0 Å². The fourth-order valence-electron chi connectivity index (χ4n) is 3.12. The Morgan fingerprint density at radius 2 is 2.00 bits per heavy atom. The van der Waals surface area contributed by atoms with Gasteiger partial charge in [-0.2, -0.15) is 10.2 Å². The zero-order valence-corrected chi connectivity index (χ0v) is 16.8. The van der Waals surface area contributed by atoms with Gasteiger partial charge in [-0.3, -0.25) is 9.78 Å². The van der Waals surface area contributed by atoms with E-state index in [1.54, 1.807) is 6.20 Å². The van der Waals surface area contributed by atoms with Crippen molar-refractivity contribution in [1.29, 1.82) is 0 Å². The molecule has 0 aliphatic heterocycles. The first-order valence-electron chi connectivity index (χ1n) is 9.75. The van der Waals surface area contributed by atoms with Crippen molar-refractivity contribution in [1.82, 2.24) is 29.9 Å². The van der Waals surface area contributed by atoms with E-state index in [0.29, 0.717) is 24.0 Å². The monoisotopic (exact) mass is 391 g/mol. The molecule has 1 aromatic carbocycles. The Bertz CT molecular complexity index is 1120. The predicted octanol–water partition coefficient (Wildman–Crippen LogP) is 3.27. The van der Waals surface area contributed by atoms with E-state index in [9.17, 15) is 0 Å². The molecule has 0 bridgehead atoms. The number of fused-ring (bicyclic) bond motifs is 1. The van der Waals surface area contributed by atoms with Crippen molar-refractivity contribution >= 4 is 10.9 Å². The van der Waals surface area contributed by atoms with E-state index in [1.807, 2.05) is 55.1 Å². The summed E-state index contributed by atoms with van der Waals surface area (Å²) >= 11 is 0. The van der Waals surface area contributed by atoms with Gasteiger partial charge in [0, 0.05) is 24.3 Å². The number of hydrogen-bond donors (Lipinski definition) is 2. The molecule has 1 atom stereocenters. The van der Waals surface area contributed by atoms with E-state index in [1.165, 1.54) is 0 Å². The van der Waals surface area contributed by atoms with Gasteiger partial charge in [-0.1, -0.05) is 6.92 Å². The molecule has 3 aromatic heterocycles. The lowest BCUT2D eigenvalue weighted by molar-refractivity contribution is 0.243. The molecular formula is C21H25N7O. The quantitative estimate of drug-likeness (QED) is 0.501. The number of rotatable bonds is 7. The Balaban J connectivity index is 1.67. The van der Waals surface area contributed by atoms with Gasteiger partial charge in [-0.05, 0) is 56.6 Å². The van der Waals surface area contributed by atoms with Crippen molar-refractivity contribution in [3.05, 3.63) is 42.7 Å². The predicted molar refractivity (Wildman–Crippen MR) is 112 cm³/mol. The number of ether oxygens (including phenoxy) is 1. The van der Waals surface area contributed by atoms with Gasteiger partial charge < -0.3 is 10.5 Å². The molecule has 0 aliphatic carbocycles. The van der Waals surface area contributed by atoms with Crippen LogP contribution in [0.3, 0.4) is 0 Å². The summed E-state index contributed by atoms with van der Waals surface area (Å²) in [6, 6.07) is 9.65. The Labute approximate surface area is 169 Å². The second-order valence-corrected chi connectivity index (χ2v) is 7.48. The molecule has 4 rings (SSSR count). The zero-order chi connectivity index (χ0) is 20.4. The number of H-pyrrole nitrogens is 1. The molecule has 8 heteroatoms. The summed E-state index contributed by atoms with van der Waals surface area (Å²) in [5.74, 6) is 1.70. The molecule has 0 aliphatic rings. The fraction of sp³-hybridized carbons (Fsp3) is 0.333. The van der Waals surface area contributed by atoms with E-state index in [4.69, 9.17) is 15.5 Å². The van der Waals surface area contributed by atoms with Crippen molar-refractivity contribution in [2.75, 3.05) is 6.54 Å². The first-order valence-corrected chi connectivity index (χ1v) is 9.75. The maximum atomic E-state index is 5.82. The number of aromatic nitrogens is 6. The second kappa shape index (κ2) is 8.00. The van der Waals surface area contributed by atoms with Crippen LogP contribution in [0.1, 0.15) is 20.8 Å². The highest BCUT2D eigenvalue weighted by molar-refractivity contribution is 5.92. The molecule has 0 radical (unpaired) electrons. The zero-order valence-electron chi connectivity index (χ0n) is 16.8. The number of aromatic amines is 1. The molecule has 3 N–H and O–H groups in total. The largest absolute Gasteiger partial charge is 0.491 e. The molecule has 1 unspecified atom stereocenters. The molecule has 0 amide bonds. The normalized spacial score (nSPS) is 12.6. The van der Waals surface area contributed by atoms with E-state index in [-0.39, 0.29) is 6.10 Å². The van der Waals surface area contributed by atoms with Gasteiger partial charge in [0.1, 0.15) is 17.1 Å². The molecule has 0 fully saturated rings. The van der Waals surface area contributed by atoms with Crippen LogP contribution in [0, 0.1) is 5.92 Å². The second-order valence-electron chi connectivity index (χ2n) is 7.48. The molecular weight excluding hydrogens is 366 g/mol. The van der Waals surface area contributed by atoms with Crippen LogP contribution in [-0.4, -0.2) is 42.6 Å². The number of nitrogens with two attached hydrogens (primary N) is 1. The summed E-state index contributed by atoms with van der Waals surface area (Å²) in [6.07, 6.45) is 3.77. The highest BCUT2D eigenvalue weighted by Crippen LogP contribution is 2.28. The van der Waals surface area contributed by atoms with Gasteiger partial charge in [0.15, 0.2) is 5.82 Å². The fourth-order valence-corrected chi connectivity index (χ4v) is 3.12. The van der Waals surface area contributed by atoms with E-state index in [0.717, 1.165) is 34.6 Å². The Kier molecular flexibility index (Phi) is 5.26. The smallest absolute Gasteiger partial charge is 0.181 e. The van der Waals surface area contributed by atoms with Crippen LogP contribution in [0.5, 0.6) is 5.75 Å². The molecule has 29 heavy (non-hydrogen) atoms. The standard InChI is InChI=1S/C21H25N7O/c1-13(2)29-15-4-5-17-16(10-15)20(26-25-17)21-23-8-6-18(24-21)19-7-9-28(27-19)12-14(3)11-22/h4-10,13-14H,11-12,22H2,1-3H3,(H,25,26). The summed E-state index contributed by atoms with van der Waals surface area (Å²) in [4.78, 5) is 9.13. The summed E-state index contributed by atoms with van der Waals surface area (Å²) in [6.45, 7) is 7.50. The van der Waals surface area contributed by atoms with E-state index < -0.39 is 0 Å². The van der Waals surface area contributed by atoms with Crippen LogP contribution in [0.4, 0.5) is 0 Å². The molecule has 0 spiro atoms. The lowest BCUT2D eigenvalue weighted by atomic mass is 10.2. The van der Waals surface area contributed by atoms with E-state index in [2.05, 4.69) is 27.2 Å². The number of hydrogen-bond acceptors (Lipinski definition) is 6. The number of nitrogens with one attached hydrogen (secondary N) is 1. The number of benzene rings is 1. The van der Waals surface area contributed by atoms with Crippen molar-refractivity contribution in [3.8, 4) is 28.7 Å². The molecule has 3 heterocycles. The van der Waals surface area contributed by atoms with Crippen molar-refractivity contribution in [2.45, 2.75) is 33.4 Å². The lowest BCUT2D eigenvalue weighted by Crippen LogP contribution is -2.17. The van der Waals surface area contributed by atoms with Crippen LogP contribution in [0.2, 0.25) is 0 Å².